The van der Waals surface area contributed by atoms with Crippen LogP contribution in [0.2, 0.25) is 0 Å². The van der Waals surface area contributed by atoms with Crippen LogP contribution in [0.25, 0.3) is 10.3 Å². The van der Waals surface area contributed by atoms with Crippen molar-refractivity contribution in [2.45, 2.75) is 35.2 Å². The number of hydrogen-bond acceptors (Lipinski definition) is 14. The first-order valence-electron chi connectivity index (χ1n) is 12.1. The van der Waals surface area contributed by atoms with Gasteiger partial charge < -0.3 is 30.9 Å². The third kappa shape index (κ3) is 5.66. The molecule has 1 saturated heterocycles. The monoisotopic (exact) mass is 649 g/mol. The van der Waals surface area contributed by atoms with Crippen LogP contribution in [0.1, 0.15) is 19.5 Å². The SMILES string of the molecule is C[n+]1cccc2sc(SCC3=C(C(=O)[O-])N4C(=O)C(NC(=O)/C(=N\OC(C)(C)C(=O)O)c5csc(N)n5)[C@@H]4SC3)nc21. The molecule has 220 valence electrons. The number of nitrogens with two attached hydrogens (primary N) is 1. The van der Waals surface area contributed by atoms with E-state index in [4.69, 9.17) is 10.6 Å². The highest BCUT2D eigenvalue weighted by Gasteiger charge is 2.53. The maximum atomic E-state index is 13.2. The number of carboxylic acid groups (broad SMARTS) is 2. The molecule has 3 aromatic rings. The lowest BCUT2D eigenvalue weighted by Gasteiger charge is -2.50. The zero-order chi connectivity index (χ0) is 30.3. The quantitative estimate of drug-likeness (QED) is 0.0869. The molecule has 0 spiro atoms. The number of nitrogen functional groups attached to an aromatic ring is 1. The van der Waals surface area contributed by atoms with Gasteiger partial charge in [-0.3, -0.25) is 14.5 Å². The molecule has 0 saturated carbocycles. The number of hydrogen-bond donors (Lipinski definition) is 3. The first-order chi connectivity index (χ1) is 19.9. The number of thiazole rings is 2. The summed E-state index contributed by atoms with van der Waals surface area (Å²) in [7, 11) is 1.89. The van der Waals surface area contributed by atoms with Crippen molar-refractivity contribution in [3.63, 3.8) is 0 Å². The van der Waals surface area contributed by atoms with Gasteiger partial charge in [0.25, 0.3) is 16.2 Å². The summed E-state index contributed by atoms with van der Waals surface area (Å²) in [5.74, 6) is -3.75. The molecule has 2 amide bonds. The number of carbonyl (C=O) groups is 4. The fraction of sp³-hybridized carbons (Fsp3) is 0.333. The lowest BCUT2D eigenvalue weighted by Crippen LogP contribution is -2.71. The minimum absolute atomic E-state index is 0.0224. The molecule has 3 aromatic heterocycles. The molecule has 1 fully saturated rings. The molecule has 2 aliphatic rings. The number of rotatable bonds is 10. The second-order valence-electron chi connectivity index (χ2n) is 9.59. The number of nitrogens with one attached hydrogen (secondary N) is 1. The Morgan fingerprint density at radius 2 is 2.14 bits per heavy atom. The molecule has 2 atom stereocenters. The number of β-lactam (4-membered cyclic amide) rings is 1. The van der Waals surface area contributed by atoms with E-state index in [0.717, 1.165) is 30.9 Å². The van der Waals surface area contributed by atoms with Crippen LogP contribution in [-0.2, 0) is 31.1 Å². The van der Waals surface area contributed by atoms with Gasteiger partial charge in [0, 0.05) is 16.9 Å². The number of oxime groups is 1. The number of carbonyl (C=O) groups excluding carboxylic acids is 3. The van der Waals surface area contributed by atoms with Gasteiger partial charge in [-0.15, -0.1) is 23.1 Å². The molecule has 42 heavy (non-hydrogen) atoms. The Kier molecular flexibility index (Phi) is 8.15. The Labute approximate surface area is 254 Å². The predicted molar refractivity (Wildman–Crippen MR) is 154 cm³/mol. The third-order valence-corrected chi connectivity index (χ3v) is 10.5. The van der Waals surface area contributed by atoms with Crippen LogP contribution in [-0.4, -0.2) is 78.0 Å². The van der Waals surface area contributed by atoms with Crippen LogP contribution in [0.5, 0.6) is 0 Å². The largest absolute Gasteiger partial charge is 0.543 e. The summed E-state index contributed by atoms with van der Waals surface area (Å²) in [5, 5.41) is 28.6. The number of thioether (sulfide) groups is 2. The normalized spacial score (nSPS) is 19.0. The summed E-state index contributed by atoms with van der Waals surface area (Å²) in [6.45, 7) is 2.49. The van der Waals surface area contributed by atoms with Crippen molar-refractivity contribution in [3.05, 3.63) is 40.7 Å². The van der Waals surface area contributed by atoms with Crippen LogP contribution in [0.4, 0.5) is 5.13 Å². The van der Waals surface area contributed by atoms with Gasteiger partial charge >= 0.3 is 11.6 Å². The van der Waals surface area contributed by atoms with E-state index in [2.05, 4.69) is 20.4 Å². The second kappa shape index (κ2) is 11.5. The maximum absolute atomic E-state index is 13.2. The summed E-state index contributed by atoms with van der Waals surface area (Å²) in [6, 6.07) is 2.79. The van der Waals surface area contributed by atoms with Gasteiger partial charge in [0.05, 0.1) is 24.9 Å². The minimum atomic E-state index is -1.76. The van der Waals surface area contributed by atoms with Gasteiger partial charge in [0.15, 0.2) is 10.8 Å². The molecule has 0 bridgehead atoms. The second-order valence-corrected chi connectivity index (χ2v) is 13.8. The van der Waals surface area contributed by atoms with Gasteiger partial charge in [0.1, 0.15) is 21.8 Å². The molecule has 18 heteroatoms. The summed E-state index contributed by atoms with van der Waals surface area (Å²) in [6.07, 6.45) is 1.89. The van der Waals surface area contributed by atoms with E-state index in [1.165, 1.54) is 54.1 Å². The maximum Gasteiger partial charge on any atom is 0.350 e. The third-order valence-electron chi connectivity index (χ3n) is 6.26. The number of nitrogens with zero attached hydrogens (tertiary/aromatic N) is 5. The zero-order valence-corrected chi connectivity index (χ0v) is 25.5. The number of carboxylic acids is 2. The van der Waals surface area contributed by atoms with Gasteiger partial charge in [-0.05, 0) is 36.5 Å². The van der Waals surface area contributed by atoms with Crippen molar-refractivity contribution < 1.29 is 38.8 Å². The number of pyridine rings is 1. The molecule has 4 N–H and O–H groups in total. The highest BCUT2D eigenvalue weighted by atomic mass is 32.2. The van der Waals surface area contributed by atoms with Crippen LogP contribution in [0.3, 0.4) is 0 Å². The number of fused-ring (bicyclic) bond motifs is 2. The number of anilines is 1. The lowest BCUT2D eigenvalue weighted by atomic mass is 10.0. The van der Waals surface area contributed by atoms with Crippen LogP contribution in [0, 0.1) is 0 Å². The molecule has 0 aromatic carbocycles. The summed E-state index contributed by atoms with van der Waals surface area (Å²) in [4.78, 5) is 64.8. The van der Waals surface area contributed by atoms with E-state index in [1.807, 2.05) is 29.9 Å². The first kappa shape index (κ1) is 29.7. The van der Waals surface area contributed by atoms with E-state index in [1.54, 1.807) is 0 Å². The predicted octanol–water partition coefficient (Wildman–Crippen LogP) is -0.0604. The lowest BCUT2D eigenvalue weighted by molar-refractivity contribution is -0.646. The average molecular weight is 650 g/mol. The molecule has 1 unspecified atom stereocenters. The number of aromatic nitrogens is 3. The minimum Gasteiger partial charge on any atom is -0.543 e. The van der Waals surface area contributed by atoms with Crippen molar-refractivity contribution in [2.75, 3.05) is 17.2 Å². The van der Waals surface area contributed by atoms with Crippen molar-refractivity contribution in [3.8, 4) is 0 Å². The van der Waals surface area contributed by atoms with Gasteiger partial charge in [-0.25, -0.2) is 14.3 Å². The van der Waals surface area contributed by atoms with Crippen molar-refractivity contribution >= 4 is 91.1 Å². The highest BCUT2D eigenvalue weighted by Crippen LogP contribution is 2.42. The van der Waals surface area contributed by atoms with Gasteiger partial charge in [-0.1, -0.05) is 28.3 Å². The zero-order valence-electron chi connectivity index (χ0n) is 22.2. The fourth-order valence-electron chi connectivity index (χ4n) is 4.00. The number of aryl methyl sites for hydroxylation is 1. The van der Waals surface area contributed by atoms with Crippen molar-refractivity contribution in [1.82, 2.24) is 20.2 Å². The smallest absolute Gasteiger partial charge is 0.350 e. The molecule has 0 radical (unpaired) electrons. The Hall–Kier alpha value is -3.74. The van der Waals surface area contributed by atoms with Crippen molar-refractivity contribution in [1.29, 1.82) is 0 Å². The van der Waals surface area contributed by atoms with Gasteiger partial charge in [0.2, 0.25) is 5.60 Å². The summed E-state index contributed by atoms with van der Waals surface area (Å²) in [5.41, 5.74) is 4.66. The highest BCUT2D eigenvalue weighted by molar-refractivity contribution is 8.02. The Bertz CT molecular complexity index is 1680. The number of amides is 2. The average Bonchev–Trinajstić information content (AvgIpc) is 3.56. The standard InChI is InChI=1S/C24H23N7O7S4/c1-24(2,21(36)37)38-29-13(11-9-40-22(25)26-11)17(32)27-14-18(33)31-15(20(34)35)10(7-39-19(14)31)8-41-23-28-16-12(42-23)5-4-6-30(16)3/h4-6,9,14,19H,7-8H2,1-3H3,(H4-,25,26,27,32,34,35,36,37)/b29-13-/t14?,19-/m0/s1. The van der Waals surface area contributed by atoms with E-state index in [9.17, 15) is 29.4 Å². The fourth-order valence-corrected chi connectivity index (χ4v) is 8.14. The summed E-state index contributed by atoms with van der Waals surface area (Å²) < 4.78 is 3.65. The van der Waals surface area contributed by atoms with Crippen LogP contribution < -0.4 is 20.7 Å². The molecule has 5 rings (SSSR count). The van der Waals surface area contributed by atoms with Crippen LogP contribution in [0.15, 0.2) is 44.5 Å². The van der Waals surface area contributed by atoms with E-state index in [-0.39, 0.29) is 33.7 Å². The molecule has 14 nitrogen and oxygen atoms in total. The molecule has 2 aliphatic heterocycles. The van der Waals surface area contributed by atoms with E-state index >= 15 is 0 Å². The van der Waals surface area contributed by atoms with Gasteiger partial charge in [-0.2, -0.15) is 0 Å². The molecular weight excluding hydrogens is 627 g/mol. The Morgan fingerprint density at radius 1 is 1.38 bits per heavy atom. The van der Waals surface area contributed by atoms with E-state index < -0.39 is 40.8 Å². The first-order valence-corrected chi connectivity index (χ1v) is 15.9. The molecule has 5 heterocycles. The molecular formula is C24H23N7O7S4. The number of aliphatic carboxylic acids is 2. The molecule has 0 aliphatic carbocycles. The van der Waals surface area contributed by atoms with E-state index in [0.29, 0.717) is 5.57 Å². The Morgan fingerprint density at radius 3 is 2.79 bits per heavy atom. The Balaban J connectivity index is 1.32. The van der Waals surface area contributed by atoms with Crippen molar-refractivity contribution in [2.24, 2.45) is 12.2 Å². The topological polar surface area (TPSA) is 204 Å². The van der Waals surface area contributed by atoms with Crippen LogP contribution >= 0.6 is 46.2 Å². The summed E-state index contributed by atoms with van der Waals surface area (Å²) >= 11 is 5.18.